The van der Waals surface area contributed by atoms with Gasteiger partial charge in [0, 0.05) is 11.0 Å². The maximum absolute atomic E-state index is 13.3. The Bertz CT molecular complexity index is 577. The molecular formula is C14H13BrClFN2. The van der Waals surface area contributed by atoms with Crippen molar-refractivity contribution in [1.82, 2.24) is 0 Å². The normalized spacial score (nSPS) is 12.2. The predicted octanol–water partition coefficient (Wildman–Crippen LogP) is 4.35. The first-order valence-electron chi connectivity index (χ1n) is 5.78. The number of nitrogens with two attached hydrogens (primary N) is 1. The third-order valence-electron chi connectivity index (χ3n) is 2.77. The molecule has 2 aromatic carbocycles. The number of hydrogen-bond donors (Lipinski definition) is 2. The molecule has 100 valence electrons. The van der Waals surface area contributed by atoms with Crippen molar-refractivity contribution in [1.29, 1.82) is 0 Å². The van der Waals surface area contributed by atoms with E-state index in [1.165, 1.54) is 12.1 Å². The van der Waals surface area contributed by atoms with Crippen LogP contribution < -0.4 is 11.1 Å². The van der Waals surface area contributed by atoms with E-state index in [0.29, 0.717) is 11.6 Å². The molecule has 0 fully saturated rings. The predicted molar refractivity (Wildman–Crippen MR) is 81.0 cm³/mol. The third-order valence-corrected chi connectivity index (χ3v) is 3.82. The molecule has 0 saturated heterocycles. The standard InChI is InChI=1S/C14H13BrClFN2/c15-11-6-5-9(17)7-10(11)14(8-18)19-13-4-2-1-3-12(13)16/h1-7,14,19H,8,18H2. The van der Waals surface area contributed by atoms with Crippen molar-refractivity contribution in [2.75, 3.05) is 11.9 Å². The molecule has 0 aliphatic rings. The largest absolute Gasteiger partial charge is 0.376 e. The molecule has 0 bridgehead atoms. The number of anilines is 1. The molecular weight excluding hydrogens is 331 g/mol. The fourth-order valence-corrected chi connectivity index (χ4v) is 2.52. The summed E-state index contributed by atoms with van der Waals surface area (Å²) in [7, 11) is 0. The van der Waals surface area contributed by atoms with Crippen molar-refractivity contribution >= 4 is 33.2 Å². The Kier molecular flexibility index (Phi) is 4.80. The van der Waals surface area contributed by atoms with Gasteiger partial charge in [-0.1, -0.05) is 39.7 Å². The van der Waals surface area contributed by atoms with Crippen molar-refractivity contribution in [3.63, 3.8) is 0 Å². The van der Waals surface area contributed by atoms with Crippen LogP contribution in [0.15, 0.2) is 46.9 Å². The summed E-state index contributed by atoms with van der Waals surface area (Å²) in [4.78, 5) is 0. The number of rotatable bonds is 4. The average Bonchev–Trinajstić information content (AvgIpc) is 2.41. The van der Waals surface area contributed by atoms with E-state index in [0.717, 1.165) is 15.7 Å². The lowest BCUT2D eigenvalue weighted by atomic mass is 10.1. The van der Waals surface area contributed by atoms with Crippen molar-refractivity contribution in [3.8, 4) is 0 Å². The van der Waals surface area contributed by atoms with Crippen molar-refractivity contribution < 1.29 is 4.39 Å². The van der Waals surface area contributed by atoms with Gasteiger partial charge in [0.1, 0.15) is 5.82 Å². The fourth-order valence-electron chi connectivity index (χ4n) is 1.81. The van der Waals surface area contributed by atoms with Gasteiger partial charge < -0.3 is 11.1 Å². The van der Waals surface area contributed by atoms with Crippen LogP contribution in [-0.4, -0.2) is 6.54 Å². The van der Waals surface area contributed by atoms with Crippen LogP contribution in [0.2, 0.25) is 5.02 Å². The molecule has 0 aromatic heterocycles. The van der Waals surface area contributed by atoms with Gasteiger partial charge >= 0.3 is 0 Å². The Labute approximate surface area is 124 Å². The van der Waals surface area contributed by atoms with Gasteiger partial charge in [-0.3, -0.25) is 0 Å². The van der Waals surface area contributed by atoms with Crippen LogP contribution in [-0.2, 0) is 0 Å². The van der Waals surface area contributed by atoms with Gasteiger partial charge in [0.15, 0.2) is 0 Å². The van der Waals surface area contributed by atoms with E-state index in [1.807, 2.05) is 18.2 Å². The minimum absolute atomic E-state index is 0.218. The highest BCUT2D eigenvalue weighted by Gasteiger charge is 2.14. The van der Waals surface area contributed by atoms with Crippen LogP contribution in [0.4, 0.5) is 10.1 Å². The first-order valence-corrected chi connectivity index (χ1v) is 6.95. The SMILES string of the molecule is NCC(Nc1ccccc1Cl)c1cc(F)ccc1Br. The Morgan fingerprint density at radius 1 is 1.26 bits per heavy atom. The highest BCUT2D eigenvalue weighted by Crippen LogP contribution is 2.29. The summed E-state index contributed by atoms with van der Waals surface area (Å²) in [5, 5.41) is 3.83. The maximum Gasteiger partial charge on any atom is 0.123 e. The van der Waals surface area contributed by atoms with Crippen LogP contribution in [0, 0.1) is 5.82 Å². The molecule has 2 aromatic rings. The first-order chi connectivity index (χ1) is 9.11. The number of halogens is 3. The second-order valence-corrected chi connectivity index (χ2v) is 5.34. The minimum Gasteiger partial charge on any atom is -0.376 e. The summed E-state index contributed by atoms with van der Waals surface area (Å²) >= 11 is 9.50. The monoisotopic (exact) mass is 342 g/mol. The van der Waals surface area contributed by atoms with Gasteiger partial charge in [0.05, 0.1) is 16.8 Å². The van der Waals surface area contributed by atoms with E-state index >= 15 is 0 Å². The molecule has 0 saturated carbocycles. The molecule has 1 atom stereocenters. The molecule has 0 heterocycles. The van der Waals surface area contributed by atoms with Crippen molar-refractivity contribution in [2.24, 2.45) is 5.73 Å². The van der Waals surface area contributed by atoms with E-state index in [4.69, 9.17) is 17.3 Å². The lowest BCUT2D eigenvalue weighted by molar-refractivity contribution is 0.621. The van der Waals surface area contributed by atoms with E-state index in [9.17, 15) is 4.39 Å². The fraction of sp³-hybridized carbons (Fsp3) is 0.143. The smallest absolute Gasteiger partial charge is 0.123 e. The lowest BCUT2D eigenvalue weighted by Crippen LogP contribution is -2.21. The second-order valence-electron chi connectivity index (χ2n) is 4.08. The van der Waals surface area contributed by atoms with Gasteiger partial charge in [0.25, 0.3) is 0 Å². The minimum atomic E-state index is -0.294. The zero-order chi connectivity index (χ0) is 13.8. The summed E-state index contributed by atoms with van der Waals surface area (Å²) in [6.07, 6.45) is 0. The summed E-state index contributed by atoms with van der Waals surface area (Å²) < 4.78 is 14.2. The molecule has 0 aliphatic carbocycles. The van der Waals surface area contributed by atoms with E-state index in [1.54, 1.807) is 12.1 Å². The first kappa shape index (κ1) is 14.3. The second kappa shape index (κ2) is 6.37. The molecule has 0 spiro atoms. The summed E-state index contributed by atoms with van der Waals surface area (Å²) in [6.45, 7) is 0.327. The summed E-state index contributed by atoms with van der Waals surface area (Å²) in [6, 6.07) is 11.7. The van der Waals surface area contributed by atoms with Crippen LogP contribution in [0.5, 0.6) is 0 Å². The molecule has 19 heavy (non-hydrogen) atoms. The van der Waals surface area contributed by atoms with Crippen LogP contribution in [0.1, 0.15) is 11.6 Å². The topological polar surface area (TPSA) is 38.0 Å². The van der Waals surface area contributed by atoms with Gasteiger partial charge in [-0.25, -0.2) is 4.39 Å². The number of benzene rings is 2. The Morgan fingerprint density at radius 2 is 2.00 bits per heavy atom. The zero-order valence-electron chi connectivity index (χ0n) is 10.0. The van der Waals surface area contributed by atoms with E-state index < -0.39 is 0 Å². The van der Waals surface area contributed by atoms with Crippen LogP contribution >= 0.6 is 27.5 Å². The van der Waals surface area contributed by atoms with Crippen LogP contribution in [0.3, 0.4) is 0 Å². The van der Waals surface area contributed by atoms with E-state index in [2.05, 4.69) is 21.2 Å². The molecule has 0 aliphatic heterocycles. The molecule has 0 amide bonds. The Balaban J connectivity index is 2.30. The Morgan fingerprint density at radius 3 is 2.68 bits per heavy atom. The Hall–Kier alpha value is -1.10. The quantitative estimate of drug-likeness (QED) is 0.866. The van der Waals surface area contributed by atoms with E-state index in [-0.39, 0.29) is 11.9 Å². The molecule has 1 unspecified atom stereocenters. The lowest BCUT2D eigenvalue weighted by Gasteiger charge is -2.20. The number of nitrogens with one attached hydrogen (secondary N) is 1. The molecule has 2 rings (SSSR count). The molecule has 3 N–H and O–H groups in total. The highest BCUT2D eigenvalue weighted by atomic mass is 79.9. The van der Waals surface area contributed by atoms with Crippen molar-refractivity contribution in [2.45, 2.75) is 6.04 Å². The number of hydrogen-bond acceptors (Lipinski definition) is 2. The van der Waals surface area contributed by atoms with Gasteiger partial charge in [0.2, 0.25) is 0 Å². The van der Waals surface area contributed by atoms with Crippen molar-refractivity contribution in [3.05, 3.63) is 63.3 Å². The highest BCUT2D eigenvalue weighted by molar-refractivity contribution is 9.10. The molecule has 5 heteroatoms. The average molecular weight is 344 g/mol. The maximum atomic E-state index is 13.3. The summed E-state index contributed by atoms with van der Waals surface area (Å²) in [5.41, 5.74) is 7.31. The number of para-hydroxylation sites is 1. The zero-order valence-corrected chi connectivity index (χ0v) is 12.4. The van der Waals surface area contributed by atoms with Gasteiger partial charge in [-0.05, 0) is 35.9 Å². The van der Waals surface area contributed by atoms with Gasteiger partial charge in [-0.2, -0.15) is 0 Å². The molecule has 2 nitrogen and oxygen atoms in total. The molecule has 0 radical (unpaired) electrons. The van der Waals surface area contributed by atoms with Crippen LogP contribution in [0.25, 0.3) is 0 Å². The van der Waals surface area contributed by atoms with Gasteiger partial charge in [-0.15, -0.1) is 0 Å². The summed E-state index contributed by atoms with van der Waals surface area (Å²) in [5.74, 6) is -0.294. The third kappa shape index (κ3) is 3.47.